The predicted octanol–water partition coefficient (Wildman–Crippen LogP) is 5.05. The van der Waals surface area contributed by atoms with E-state index in [1.165, 1.54) is 22.3 Å². The summed E-state index contributed by atoms with van der Waals surface area (Å²) in [7, 11) is 5.58. The van der Waals surface area contributed by atoms with Gasteiger partial charge >= 0.3 is 0 Å². The summed E-state index contributed by atoms with van der Waals surface area (Å²) in [5, 5.41) is 0. The van der Waals surface area contributed by atoms with Gasteiger partial charge in [-0.25, -0.2) is 0 Å². The Bertz CT molecular complexity index is 987. The molecule has 1 unspecified atom stereocenters. The zero-order valence-corrected chi connectivity index (χ0v) is 17.9. The first kappa shape index (κ1) is 20.3. The summed E-state index contributed by atoms with van der Waals surface area (Å²) in [4.78, 5) is 2.42. The van der Waals surface area contributed by atoms with Crippen molar-refractivity contribution in [1.29, 1.82) is 0 Å². The van der Waals surface area contributed by atoms with Gasteiger partial charge in [-0.2, -0.15) is 0 Å². The molecule has 3 aromatic carbocycles. The van der Waals surface area contributed by atoms with Crippen LogP contribution in [-0.4, -0.2) is 32.7 Å². The Kier molecular flexibility index (Phi) is 6.24. The summed E-state index contributed by atoms with van der Waals surface area (Å²) in [5.74, 6) is 2.50. The molecule has 0 aromatic heterocycles. The van der Waals surface area contributed by atoms with Crippen LogP contribution in [0.1, 0.15) is 28.3 Å². The molecule has 0 bridgehead atoms. The predicted molar refractivity (Wildman–Crippen MR) is 120 cm³/mol. The molecule has 4 rings (SSSR count). The van der Waals surface area contributed by atoms with Gasteiger partial charge in [0.1, 0.15) is 12.4 Å². The highest BCUT2D eigenvalue weighted by Crippen LogP contribution is 2.39. The van der Waals surface area contributed by atoms with Crippen LogP contribution in [0.3, 0.4) is 0 Å². The number of benzene rings is 3. The maximum Gasteiger partial charge on any atom is 0.161 e. The van der Waals surface area contributed by atoms with Gasteiger partial charge in [0.05, 0.1) is 14.2 Å². The highest BCUT2D eigenvalue weighted by Gasteiger charge is 2.27. The zero-order valence-electron chi connectivity index (χ0n) is 17.9. The van der Waals surface area contributed by atoms with Gasteiger partial charge in [-0.3, -0.25) is 4.90 Å². The molecule has 156 valence electrons. The Morgan fingerprint density at radius 3 is 2.37 bits per heavy atom. The summed E-state index contributed by atoms with van der Waals surface area (Å²) in [6, 6.07) is 23.3. The van der Waals surface area contributed by atoms with Gasteiger partial charge in [0.15, 0.2) is 11.5 Å². The van der Waals surface area contributed by atoms with E-state index in [1.807, 2.05) is 24.3 Å². The Labute approximate surface area is 179 Å². The number of fused-ring (bicyclic) bond motifs is 1. The van der Waals surface area contributed by atoms with Crippen LogP contribution in [0, 0.1) is 0 Å². The lowest BCUT2D eigenvalue weighted by Gasteiger charge is -2.35. The smallest absolute Gasteiger partial charge is 0.161 e. The van der Waals surface area contributed by atoms with Gasteiger partial charge in [0.25, 0.3) is 0 Å². The maximum atomic E-state index is 6.03. The van der Waals surface area contributed by atoms with Crippen molar-refractivity contribution < 1.29 is 14.2 Å². The Hall–Kier alpha value is -2.98. The molecule has 0 spiro atoms. The largest absolute Gasteiger partial charge is 0.493 e. The lowest BCUT2D eigenvalue weighted by molar-refractivity contribution is 0.227. The number of rotatable bonds is 7. The molecule has 4 nitrogen and oxygen atoms in total. The molecule has 1 heterocycles. The molecular formula is C26H29NO3. The van der Waals surface area contributed by atoms with Crippen molar-refractivity contribution in [2.24, 2.45) is 0 Å². The second-order valence-electron chi connectivity index (χ2n) is 7.78. The van der Waals surface area contributed by atoms with E-state index in [0.29, 0.717) is 6.61 Å². The summed E-state index contributed by atoms with van der Waals surface area (Å²) in [5.41, 5.74) is 5.09. The Morgan fingerprint density at radius 1 is 0.867 bits per heavy atom. The van der Waals surface area contributed by atoms with Crippen molar-refractivity contribution in [1.82, 2.24) is 4.90 Å². The third kappa shape index (κ3) is 4.44. The first-order valence-corrected chi connectivity index (χ1v) is 10.4. The van der Waals surface area contributed by atoms with Crippen LogP contribution < -0.4 is 14.2 Å². The van der Waals surface area contributed by atoms with Gasteiger partial charge in [-0.1, -0.05) is 42.5 Å². The van der Waals surface area contributed by atoms with E-state index in [4.69, 9.17) is 14.2 Å². The number of likely N-dealkylation sites (N-methyl/N-ethyl adjacent to an activating group) is 1. The molecule has 1 aliphatic rings. The lowest BCUT2D eigenvalue weighted by Crippen LogP contribution is -2.33. The minimum atomic E-state index is 0.290. The number of methoxy groups -OCH3 is 2. The van der Waals surface area contributed by atoms with E-state index in [-0.39, 0.29) is 6.04 Å². The fourth-order valence-electron chi connectivity index (χ4n) is 4.15. The molecule has 0 N–H and O–H groups in total. The molecule has 30 heavy (non-hydrogen) atoms. The molecule has 0 saturated carbocycles. The summed E-state index contributed by atoms with van der Waals surface area (Å²) in [6.07, 6.45) is 1.93. The third-order valence-corrected chi connectivity index (χ3v) is 5.85. The van der Waals surface area contributed by atoms with Crippen LogP contribution in [-0.2, 0) is 19.4 Å². The first-order valence-electron chi connectivity index (χ1n) is 10.4. The van der Waals surface area contributed by atoms with E-state index in [9.17, 15) is 0 Å². The van der Waals surface area contributed by atoms with Crippen molar-refractivity contribution in [3.63, 3.8) is 0 Å². The van der Waals surface area contributed by atoms with Crippen LogP contribution in [0.25, 0.3) is 0 Å². The molecule has 0 saturated heterocycles. The first-order chi connectivity index (χ1) is 14.7. The van der Waals surface area contributed by atoms with Gasteiger partial charge in [0, 0.05) is 12.6 Å². The van der Waals surface area contributed by atoms with Crippen LogP contribution in [0.4, 0.5) is 0 Å². The average Bonchev–Trinajstić information content (AvgIpc) is 2.79. The lowest BCUT2D eigenvalue weighted by atomic mass is 9.88. The molecule has 1 aliphatic heterocycles. The zero-order chi connectivity index (χ0) is 20.9. The van der Waals surface area contributed by atoms with Gasteiger partial charge in [0.2, 0.25) is 0 Å². The topological polar surface area (TPSA) is 30.9 Å². The Morgan fingerprint density at radius 2 is 1.60 bits per heavy atom. The molecule has 0 aliphatic carbocycles. The third-order valence-electron chi connectivity index (χ3n) is 5.85. The van der Waals surface area contributed by atoms with Crippen molar-refractivity contribution in [3.8, 4) is 17.2 Å². The Balaban J connectivity index is 1.54. The molecule has 0 fully saturated rings. The molecule has 3 aromatic rings. The molecular weight excluding hydrogens is 374 g/mol. The minimum Gasteiger partial charge on any atom is -0.493 e. The highest BCUT2D eigenvalue weighted by atomic mass is 16.5. The monoisotopic (exact) mass is 403 g/mol. The number of nitrogens with zero attached hydrogens (tertiary/aromatic N) is 1. The average molecular weight is 404 g/mol. The van der Waals surface area contributed by atoms with E-state index in [1.54, 1.807) is 14.2 Å². The van der Waals surface area contributed by atoms with E-state index in [0.717, 1.165) is 36.6 Å². The summed E-state index contributed by atoms with van der Waals surface area (Å²) in [6.45, 7) is 1.60. The second-order valence-corrected chi connectivity index (χ2v) is 7.78. The van der Waals surface area contributed by atoms with Crippen LogP contribution in [0.2, 0.25) is 0 Å². The normalized spacial score (nSPS) is 16.0. The molecule has 4 heteroatoms. The fraction of sp³-hybridized carbons (Fsp3) is 0.308. The van der Waals surface area contributed by atoms with Crippen molar-refractivity contribution in [3.05, 3.63) is 89.0 Å². The van der Waals surface area contributed by atoms with E-state index < -0.39 is 0 Å². The van der Waals surface area contributed by atoms with Gasteiger partial charge in [-0.05, 0) is 66.4 Å². The van der Waals surface area contributed by atoms with Gasteiger partial charge in [-0.15, -0.1) is 0 Å². The van der Waals surface area contributed by atoms with Crippen LogP contribution in [0.15, 0.2) is 66.7 Å². The van der Waals surface area contributed by atoms with Crippen molar-refractivity contribution in [2.75, 3.05) is 27.8 Å². The van der Waals surface area contributed by atoms with Crippen molar-refractivity contribution in [2.45, 2.75) is 25.5 Å². The standard InChI is InChI=1S/C26H29NO3/c1-27-13-12-21-16-25(28-2)26(29-3)17-23(21)24(27)15-20-10-7-11-22(14-20)30-18-19-8-5-4-6-9-19/h4-11,14,16-17,24H,12-13,15,18H2,1-3H3. The van der Waals surface area contributed by atoms with Crippen molar-refractivity contribution >= 4 is 0 Å². The number of hydrogen-bond acceptors (Lipinski definition) is 4. The maximum absolute atomic E-state index is 6.03. The summed E-state index contributed by atoms with van der Waals surface area (Å²) < 4.78 is 17.1. The summed E-state index contributed by atoms with van der Waals surface area (Å²) >= 11 is 0. The molecule has 0 amide bonds. The van der Waals surface area contributed by atoms with Crippen LogP contribution >= 0.6 is 0 Å². The second kappa shape index (κ2) is 9.23. The van der Waals surface area contributed by atoms with E-state index >= 15 is 0 Å². The molecule has 0 radical (unpaired) electrons. The molecule has 1 atom stereocenters. The number of ether oxygens (including phenoxy) is 3. The van der Waals surface area contributed by atoms with Gasteiger partial charge < -0.3 is 14.2 Å². The fourth-order valence-corrected chi connectivity index (χ4v) is 4.15. The quantitative estimate of drug-likeness (QED) is 0.552. The van der Waals surface area contributed by atoms with E-state index in [2.05, 4.69) is 54.4 Å². The van der Waals surface area contributed by atoms with Crippen LogP contribution in [0.5, 0.6) is 17.2 Å². The highest BCUT2D eigenvalue weighted by molar-refractivity contribution is 5.50. The minimum absolute atomic E-state index is 0.290. The number of hydrogen-bond donors (Lipinski definition) is 0. The SMILES string of the molecule is COc1cc2c(cc1OC)C(Cc1cccc(OCc3ccccc3)c1)N(C)CC2.